The molecule has 0 saturated heterocycles. The molecule has 4 rings (SSSR count). The first kappa shape index (κ1) is 22.8. The van der Waals surface area contributed by atoms with E-state index in [-0.39, 0.29) is 16.1 Å². The summed E-state index contributed by atoms with van der Waals surface area (Å²) < 4.78 is 40.5. The van der Waals surface area contributed by atoms with E-state index in [0.29, 0.717) is 21.4 Å². The number of pyridine rings is 1. The van der Waals surface area contributed by atoms with Gasteiger partial charge in [0.05, 0.1) is 17.0 Å². The number of fused-ring (bicyclic) bond motifs is 1. The summed E-state index contributed by atoms with van der Waals surface area (Å²) in [4.78, 5) is 23.0. The maximum absolute atomic E-state index is 13.5. The fourth-order valence-corrected chi connectivity index (χ4v) is 5.27. The smallest absolute Gasteiger partial charge is 0.288 e. The molecule has 0 aliphatic heterocycles. The summed E-state index contributed by atoms with van der Waals surface area (Å²) in [6.45, 7) is 3.42. The molecule has 0 atom stereocenters. The molecule has 2 heterocycles. The number of carbonyl (C=O) groups is 1. The van der Waals surface area contributed by atoms with Crippen molar-refractivity contribution in [3.05, 3.63) is 69.2 Å². The summed E-state index contributed by atoms with van der Waals surface area (Å²) >= 11 is 8.59. The van der Waals surface area contributed by atoms with Crippen LogP contribution < -0.4 is 0 Å². The van der Waals surface area contributed by atoms with Gasteiger partial charge in [-0.15, -0.1) is 23.1 Å². The highest BCUT2D eigenvalue weighted by atomic mass is 35.5. The first-order valence-corrected chi connectivity index (χ1v) is 11.8. The number of allylic oxidation sites excluding steroid dienone is 3. The predicted octanol–water partition coefficient (Wildman–Crippen LogP) is 7.73. The van der Waals surface area contributed by atoms with Crippen molar-refractivity contribution in [1.82, 2.24) is 9.97 Å². The SMILES string of the molecule is C/C=C1/C(=O)c2sc(-c3nc(-c4ccc(Cl)cc4)ccc3SCC)nc2C=C1C(F)(F)F. The van der Waals surface area contributed by atoms with Gasteiger partial charge < -0.3 is 0 Å². The van der Waals surface area contributed by atoms with Gasteiger partial charge in [-0.05, 0) is 43.0 Å². The fourth-order valence-electron chi connectivity index (χ4n) is 3.33. The number of thiazole rings is 1. The molecule has 0 bridgehead atoms. The van der Waals surface area contributed by atoms with Crippen molar-refractivity contribution in [2.24, 2.45) is 0 Å². The molecule has 0 radical (unpaired) electrons. The summed E-state index contributed by atoms with van der Waals surface area (Å²) in [6.07, 6.45) is -2.50. The van der Waals surface area contributed by atoms with Gasteiger partial charge in [-0.2, -0.15) is 13.2 Å². The lowest BCUT2D eigenvalue weighted by atomic mass is 9.93. The van der Waals surface area contributed by atoms with Crippen LogP contribution in [0.4, 0.5) is 13.2 Å². The van der Waals surface area contributed by atoms with Gasteiger partial charge >= 0.3 is 6.18 Å². The number of ketones is 1. The van der Waals surface area contributed by atoms with Crippen molar-refractivity contribution in [1.29, 1.82) is 0 Å². The zero-order chi connectivity index (χ0) is 23.0. The Balaban J connectivity index is 1.86. The number of nitrogens with zero attached hydrogens (tertiary/aromatic N) is 2. The Labute approximate surface area is 196 Å². The fraction of sp³-hybridized carbons (Fsp3) is 0.174. The summed E-state index contributed by atoms with van der Waals surface area (Å²) in [5.41, 5.74) is 0.764. The molecule has 2 aromatic heterocycles. The zero-order valence-corrected chi connectivity index (χ0v) is 19.3. The van der Waals surface area contributed by atoms with Crippen LogP contribution in [0.15, 0.2) is 58.5 Å². The minimum absolute atomic E-state index is 0.0269. The van der Waals surface area contributed by atoms with Gasteiger partial charge in [0.15, 0.2) is 0 Å². The molecular formula is C23H16ClF3N2OS2. The molecule has 1 aromatic carbocycles. The summed E-state index contributed by atoms with van der Waals surface area (Å²) in [5, 5.41) is 1.01. The molecule has 0 unspecified atom stereocenters. The lowest BCUT2D eigenvalue weighted by Gasteiger charge is -2.17. The second-order valence-corrected chi connectivity index (χ2v) is 9.55. The molecule has 0 saturated carbocycles. The Hall–Kier alpha value is -2.42. The number of aromatic nitrogens is 2. The average Bonchev–Trinajstić information content (AvgIpc) is 3.19. The molecule has 1 aliphatic carbocycles. The number of thioether (sulfide) groups is 1. The van der Waals surface area contributed by atoms with Crippen LogP contribution in [0.1, 0.15) is 29.2 Å². The highest BCUT2D eigenvalue weighted by Crippen LogP contribution is 2.43. The molecule has 32 heavy (non-hydrogen) atoms. The Morgan fingerprint density at radius 1 is 1.12 bits per heavy atom. The Kier molecular flexibility index (Phi) is 6.29. The van der Waals surface area contributed by atoms with Crippen LogP contribution in [0, 0.1) is 0 Å². The second kappa shape index (κ2) is 8.84. The monoisotopic (exact) mass is 492 g/mol. The summed E-state index contributed by atoms with van der Waals surface area (Å²) in [6, 6.07) is 11.0. The Morgan fingerprint density at radius 2 is 1.84 bits per heavy atom. The van der Waals surface area contributed by atoms with Gasteiger partial charge in [-0.25, -0.2) is 9.97 Å². The summed E-state index contributed by atoms with van der Waals surface area (Å²) in [7, 11) is 0. The third kappa shape index (κ3) is 4.27. The van der Waals surface area contributed by atoms with Crippen LogP contribution in [-0.4, -0.2) is 27.7 Å². The standard InChI is InChI=1S/C23H16ClF3N2OS2/c1-3-14-15(23(25,26)27)11-17-21(20(14)30)32-22(29-17)19-18(31-4-2)10-9-16(28-19)12-5-7-13(24)8-6-12/h3,5-11H,4H2,1-2H3/b14-3+. The number of Topliss-reactive ketones (excluding diaryl/α,β-unsaturated/α-hetero) is 1. The highest BCUT2D eigenvalue weighted by molar-refractivity contribution is 7.99. The number of carbonyl (C=O) groups excluding carboxylic acids is 1. The number of benzene rings is 1. The Morgan fingerprint density at radius 3 is 2.47 bits per heavy atom. The molecular weight excluding hydrogens is 477 g/mol. The van der Waals surface area contributed by atoms with Crippen molar-refractivity contribution in [2.45, 2.75) is 24.9 Å². The van der Waals surface area contributed by atoms with E-state index in [0.717, 1.165) is 33.6 Å². The van der Waals surface area contributed by atoms with Crippen molar-refractivity contribution in [3.8, 4) is 22.0 Å². The predicted molar refractivity (Wildman–Crippen MR) is 124 cm³/mol. The first-order chi connectivity index (χ1) is 15.2. The lowest BCUT2D eigenvalue weighted by molar-refractivity contribution is -0.0883. The molecule has 1 aliphatic rings. The van der Waals surface area contributed by atoms with Crippen molar-refractivity contribution >= 4 is 46.6 Å². The minimum atomic E-state index is -4.64. The Bertz CT molecular complexity index is 1260. The van der Waals surface area contributed by atoms with E-state index in [1.54, 1.807) is 23.9 Å². The van der Waals surface area contributed by atoms with Crippen molar-refractivity contribution in [2.75, 3.05) is 5.75 Å². The molecule has 3 aromatic rings. The quantitative estimate of drug-likeness (QED) is 0.276. The molecule has 9 heteroatoms. The van der Waals surface area contributed by atoms with Crippen LogP contribution in [-0.2, 0) is 0 Å². The number of hydrogen-bond acceptors (Lipinski definition) is 5. The van der Waals surface area contributed by atoms with Gasteiger partial charge in [0.1, 0.15) is 15.6 Å². The minimum Gasteiger partial charge on any atom is -0.288 e. The van der Waals surface area contributed by atoms with Crippen LogP contribution in [0.2, 0.25) is 5.02 Å². The lowest BCUT2D eigenvalue weighted by Crippen LogP contribution is -2.21. The maximum atomic E-state index is 13.5. The van der Waals surface area contributed by atoms with Gasteiger partial charge in [0, 0.05) is 21.1 Å². The molecule has 164 valence electrons. The molecule has 0 amide bonds. The number of hydrogen-bond donors (Lipinski definition) is 0. The normalized spacial score (nSPS) is 15.1. The third-order valence-corrected chi connectivity index (χ3v) is 7.03. The largest absolute Gasteiger partial charge is 0.417 e. The van der Waals surface area contributed by atoms with Crippen LogP contribution in [0.25, 0.3) is 28.0 Å². The number of alkyl halides is 3. The number of halogens is 4. The highest BCUT2D eigenvalue weighted by Gasteiger charge is 2.42. The average molecular weight is 493 g/mol. The van der Waals surface area contributed by atoms with Gasteiger partial charge in [0.2, 0.25) is 5.78 Å². The van der Waals surface area contributed by atoms with Gasteiger partial charge in [0.25, 0.3) is 0 Å². The molecule has 0 N–H and O–H groups in total. The third-order valence-electron chi connectivity index (χ3n) is 4.77. The van der Waals surface area contributed by atoms with E-state index in [1.807, 2.05) is 31.2 Å². The summed E-state index contributed by atoms with van der Waals surface area (Å²) in [5.74, 6) is 0.111. The van der Waals surface area contributed by atoms with E-state index in [4.69, 9.17) is 16.6 Å². The van der Waals surface area contributed by atoms with Crippen molar-refractivity contribution in [3.63, 3.8) is 0 Å². The second-order valence-electron chi connectivity index (χ2n) is 6.80. The first-order valence-electron chi connectivity index (χ1n) is 9.64. The van der Waals surface area contributed by atoms with Crippen molar-refractivity contribution < 1.29 is 18.0 Å². The zero-order valence-electron chi connectivity index (χ0n) is 17.0. The maximum Gasteiger partial charge on any atom is 0.417 e. The van der Waals surface area contributed by atoms with E-state index in [2.05, 4.69) is 4.98 Å². The van der Waals surface area contributed by atoms with E-state index >= 15 is 0 Å². The van der Waals surface area contributed by atoms with E-state index < -0.39 is 17.5 Å². The van der Waals surface area contributed by atoms with Gasteiger partial charge in [-0.1, -0.05) is 36.7 Å². The van der Waals surface area contributed by atoms with Crippen LogP contribution in [0.5, 0.6) is 0 Å². The molecule has 3 nitrogen and oxygen atoms in total. The van der Waals surface area contributed by atoms with E-state index in [1.165, 1.54) is 13.0 Å². The van der Waals surface area contributed by atoms with Crippen LogP contribution >= 0.6 is 34.7 Å². The molecule has 0 spiro atoms. The van der Waals surface area contributed by atoms with Crippen LogP contribution in [0.3, 0.4) is 0 Å². The topological polar surface area (TPSA) is 42.9 Å². The van der Waals surface area contributed by atoms with E-state index in [9.17, 15) is 18.0 Å². The number of rotatable bonds is 4. The van der Waals surface area contributed by atoms with Gasteiger partial charge in [-0.3, -0.25) is 4.79 Å². The molecule has 0 fully saturated rings.